The van der Waals surface area contributed by atoms with E-state index in [-0.39, 0.29) is 5.75 Å². The molecule has 3 heteroatoms. The van der Waals surface area contributed by atoms with Crippen LogP contribution in [-0.4, -0.2) is 16.3 Å². The van der Waals surface area contributed by atoms with Crippen molar-refractivity contribution in [3.05, 3.63) is 29.3 Å². The SMILES string of the molecule is Cc1ccc(C(N)C(C)O)c(O)c1. The normalized spacial score (nSPS) is 15.4. The van der Waals surface area contributed by atoms with Gasteiger partial charge in [-0.2, -0.15) is 0 Å². The molecule has 3 nitrogen and oxygen atoms in total. The second-order valence-electron chi connectivity index (χ2n) is 3.33. The first-order valence-electron chi connectivity index (χ1n) is 4.25. The van der Waals surface area contributed by atoms with Crippen molar-refractivity contribution in [2.75, 3.05) is 0 Å². The summed E-state index contributed by atoms with van der Waals surface area (Å²) in [5, 5.41) is 18.8. The molecule has 0 fully saturated rings. The lowest BCUT2D eigenvalue weighted by molar-refractivity contribution is 0.163. The van der Waals surface area contributed by atoms with Crippen LogP contribution in [0.5, 0.6) is 5.75 Å². The van der Waals surface area contributed by atoms with Crippen LogP contribution in [0.2, 0.25) is 0 Å². The lowest BCUT2D eigenvalue weighted by Crippen LogP contribution is -2.23. The van der Waals surface area contributed by atoms with Gasteiger partial charge in [0.25, 0.3) is 0 Å². The van der Waals surface area contributed by atoms with E-state index >= 15 is 0 Å². The Hall–Kier alpha value is -1.06. The van der Waals surface area contributed by atoms with Gasteiger partial charge in [0.15, 0.2) is 0 Å². The molecule has 0 aliphatic heterocycles. The standard InChI is InChI=1S/C10H15NO2/c1-6-3-4-8(9(13)5-6)10(11)7(2)12/h3-5,7,10,12-13H,11H2,1-2H3. The maximum atomic E-state index is 9.52. The van der Waals surface area contributed by atoms with E-state index < -0.39 is 12.1 Å². The summed E-state index contributed by atoms with van der Waals surface area (Å²) < 4.78 is 0. The van der Waals surface area contributed by atoms with E-state index in [1.807, 2.05) is 13.0 Å². The molecule has 0 aromatic heterocycles. The van der Waals surface area contributed by atoms with Gasteiger partial charge in [-0.05, 0) is 25.5 Å². The number of hydrogen-bond acceptors (Lipinski definition) is 3. The number of aliphatic hydroxyl groups excluding tert-OH is 1. The average Bonchev–Trinajstić information content (AvgIpc) is 2.03. The van der Waals surface area contributed by atoms with Crippen molar-refractivity contribution in [2.45, 2.75) is 26.0 Å². The minimum atomic E-state index is -0.659. The van der Waals surface area contributed by atoms with Gasteiger partial charge in [0.1, 0.15) is 5.75 Å². The molecule has 0 amide bonds. The van der Waals surface area contributed by atoms with Crippen LogP contribution in [0.1, 0.15) is 24.1 Å². The number of phenolic OH excluding ortho intramolecular Hbond substituents is 1. The maximum Gasteiger partial charge on any atom is 0.120 e. The van der Waals surface area contributed by atoms with E-state index in [0.29, 0.717) is 5.56 Å². The number of rotatable bonds is 2. The third kappa shape index (κ3) is 2.20. The molecule has 0 bridgehead atoms. The highest BCUT2D eigenvalue weighted by molar-refractivity contribution is 5.38. The summed E-state index contributed by atoms with van der Waals surface area (Å²) in [6.45, 7) is 3.49. The highest BCUT2D eigenvalue weighted by Gasteiger charge is 2.15. The Morgan fingerprint density at radius 1 is 1.38 bits per heavy atom. The second kappa shape index (κ2) is 3.77. The van der Waals surface area contributed by atoms with Crippen LogP contribution in [0, 0.1) is 6.92 Å². The zero-order chi connectivity index (χ0) is 10.0. The Labute approximate surface area is 77.8 Å². The zero-order valence-corrected chi connectivity index (χ0v) is 7.86. The van der Waals surface area contributed by atoms with Crippen LogP contribution in [0.15, 0.2) is 18.2 Å². The molecule has 0 saturated carbocycles. The van der Waals surface area contributed by atoms with E-state index in [1.165, 1.54) is 0 Å². The highest BCUT2D eigenvalue weighted by atomic mass is 16.3. The Kier molecular flexibility index (Phi) is 2.90. The lowest BCUT2D eigenvalue weighted by Gasteiger charge is -2.16. The fraction of sp³-hybridized carbons (Fsp3) is 0.400. The number of benzene rings is 1. The van der Waals surface area contributed by atoms with Crippen molar-refractivity contribution in [2.24, 2.45) is 5.73 Å². The molecule has 0 aliphatic carbocycles. The van der Waals surface area contributed by atoms with Gasteiger partial charge < -0.3 is 15.9 Å². The monoisotopic (exact) mass is 181 g/mol. The van der Waals surface area contributed by atoms with Gasteiger partial charge >= 0.3 is 0 Å². The molecule has 1 aromatic rings. The number of phenols is 1. The highest BCUT2D eigenvalue weighted by Crippen LogP contribution is 2.25. The van der Waals surface area contributed by atoms with Crippen LogP contribution in [0.3, 0.4) is 0 Å². The van der Waals surface area contributed by atoms with Crippen LogP contribution in [-0.2, 0) is 0 Å². The van der Waals surface area contributed by atoms with Crippen LogP contribution in [0.25, 0.3) is 0 Å². The van der Waals surface area contributed by atoms with E-state index in [0.717, 1.165) is 5.56 Å². The van der Waals surface area contributed by atoms with Gasteiger partial charge in [-0.1, -0.05) is 12.1 Å². The number of nitrogens with two attached hydrogens (primary N) is 1. The van der Waals surface area contributed by atoms with E-state index in [1.54, 1.807) is 19.1 Å². The van der Waals surface area contributed by atoms with Gasteiger partial charge in [-0.15, -0.1) is 0 Å². The third-order valence-corrected chi connectivity index (χ3v) is 2.06. The summed E-state index contributed by atoms with van der Waals surface area (Å²) in [5.41, 5.74) is 7.23. The molecule has 4 N–H and O–H groups in total. The Morgan fingerprint density at radius 2 is 2.00 bits per heavy atom. The van der Waals surface area contributed by atoms with Gasteiger partial charge in [0, 0.05) is 5.56 Å². The van der Waals surface area contributed by atoms with Gasteiger partial charge in [0.05, 0.1) is 12.1 Å². The van der Waals surface area contributed by atoms with Gasteiger partial charge in [0.2, 0.25) is 0 Å². The van der Waals surface area contributed by atoms with Crippen molar-refractivity contribution < 1.29 is 10.2 Å². The lowest BCUT2D eigenvalue weighted by atomic mass is 10.0. The molecule has 2 unspecified atom stereocenters. The van der Waals surface area contributed by atoms with Crippen molar-refractivity contribution in [1.82, 2.24) is 0 Å². The van der Waals surface area contributed by atoms with E-state index in [9.17, 15) is 10.2 Å². The summed E-state index contributed by atoms with van der Waals surface area (Å²) >= 11 is 0. The number of aliphatic hydroxyl groups is 1. The minimum absolute atomic E-state index is 0.147. The summed E-state index contributed by atoms with van der Waals surface area (Å²) in [4.78, 5) is 0. The summed E-state index contributed by atoms with van der Waals surface area (Å²) in [5.74, 6) is 0.147. The van der Waals surface area contributed by atoms with Crippen LogP contribution >= 0.6 is 0 Å². The van der Waals surface area contributed by atoms with Crippen LogP contribution < -0.4 is 5.73 Å². The molecular formula is C10H15NO2. The molecule has 13 heavy (non-hydrogen) atoms. The molecule has 0 spiro atoms. The first-order chi connectivity index (χ1) is 6.02. The molecule has 1 rings (SSSR count). The van der Waals surface area contributed by atoms with Crippen molar-refractivity contribution in [3.63, 3.8) is 0 Å². The van der Waals surface area contributed by atoms with Gasteiger partial charge in [-0.25, -0.2) is 0 Å². The topological polar surface area (TPSA) is 66.5 Å². The number of aromatic hydroxyl groups is 1. The first-order valence-corrected chi connectivity index (χ1v) is 4.25. The molecule has 2 atom stereocenters. The Bertz CT molecular complexity index is 297. The summed E-state index contributed by atoms with van der Waals surface area (Å²) in [7, 11) is 0. The largest absolute Gasteiger partial charge is 0.508 e. The zero-order valence-electron chi connectivity index (χ0n) is 7.86. The molecule has 0 heterocycles. The van der Waals surface area contributed by atoms with Crippen molar-refractivity contribution in [3.8, 4) is 5.75 Å². The van der Waals surface area contributed by atoms with Gasteiger partial charge in [-0.3, -0.25) is 0 Å². The predicted molar refractivity (Wildman–Crippen MR) is 51.5 cm³/mol. The van der Waals surface area contributed by atoms with Crippen LogP contribution in [0.4, 0.5) is 0 Å². The smallest absolute Gasteiger partial charge is 0.120 e. The molecule has 72 valence electrons. The maximum absolute atomic E-state index is 9.52. The average molecular weight is 181 g/mol. The van der Waals surface area contributed by atoms with E-state index in [4.69, 9.17) is 5.73 Å². The third-order valence-electron chi connectivity index (χ3n) is 2.06. The molecule has 0 aliphatic rings. The Balaban J connectivity index is 3.01. The van der Waals surface area contributed by atoms with Crippen molar-refractivity contribution >= 4 is 0 Å². The Morgan fingerprint density at radius 3 is 2.46 bits per heavy atom. The quantitative estimate of drug-likeness (QED) is 0.639. The second-order valence-corrected chi connectivity index (χ2v) is 3.33. The number of aryl methyl sites for hydroxylation is 1. The molecule has 0 saturated heterocycles. The summed E-state index contributed by atoms with van der Waals surface area (Å²) in [6, 6.07) is 4.71. The van der Waals surface area contributed by atoms with E-state index in [2.05, 4.69) is 0 Å². The fourth-order valence-corrected chi connectivity index (χ4v) is 1.20. The molecule has 1 aromatic carbocycles. The molecule has 0 radical (unpaired) electrons. The predicted octanol–water partition coefficient (Wildman–Crippen LogP) is 1.08. The van der Waals surface area contributed by atoms with Crippen molar-refractivity contribution in [1.29, 1.82) is 0 Å². The minimum Gasteiger partial charge on any atom is -0.508 e. The first kappa shape index (κ1) is 10.0. The fourth-order valence-electron chi connectivity index (χ4n) is 1.20. The number of hydrogen-bond donors (Lipinski definition) is 3. The summed E-state index contributed by atoms with van der Waals surface area (Å²) in [6.07, 6.45) is -0.659. The molecular weight excluding hydrogens is 166 g/mol.